The van der Waals surface area contributed by atoms with E-state index in [4.69, 9.17) is 19.4 Å². The molecule has 244 valence electrons. The molecule has 0 N–H and O–H groups in total. The highest BCUT2D eigenvalue weighted by Gasteiger charge is 2.17. The third-order valence-electron chi connectivity index (χ3n) is 9.95. The Hall–Kier alpha value is -6.91. The van der Waals surface area contributed by atoms with Gasteiger partial charge in [0.25, 0.3) is 0 Å². The fraction of sp³-hybridized carbons (Fsp3) is 0.0208. The maximum atomic E-state index is 6.44. The molecular weight excluding hydrogens is 635 g/mol. The van der Waals surface area contributed by atoms with Crippen molar-refractivity contribution in [3.05, 3.63) is 187 Å². The van der Waals surface area contributed by atoms with Gasteiger partial charge in [-0.3, -0.25) is 0 Å². The molecular formula is C48H31N3O. The van der Waals surface area contributed by atoms with Crippen LogP contribution in [-0.2, 0) is 6.42 Å². The fourth-order valence-corrected chi connectivity index (χ4v) is 7.39. The van der Waals surface area contributed by atoms with E-state index in [9.17, 15) is 0 Å². The summed E-state index contributed by atoms with van der Waals surface area (Å²) in [4.78, 5) is 15.2. The van der Waals surface area contributed by atoms with Crippen molar-refractivity contribution >= 4 is 43.5 Å². The quantitative estimate of drug-likeness (QED) is 0.177. The van der Waals surface area contributed by atoms with Gasteiger partial charge in [-0.1, -0.05) is 146 Å². The van der Waals surface area contributed by atoms with Crippen molar-refractivity contribution in [1.29, 1.82) is 0 Å². The molecule has 0 saturated carbocycles. The first-order valence-electron chi connectivity index (χ1n) is 17.6. The molecule has 0 unspecified atom stereocenters. The molecule has 0 aliphatic carbocycles. The molecule has 0 fully saturated rings. The maximum absolute atomic E-state index is 6.44. The van der Waals surface area contributed by atoms with Crippen LogP contribution in [0.25, 0.3) is 88.5 Å². The zero-order valence-electron chi connectivity index (χ0n) is 28.2. The summed E-state index contributed by atoms with van der Waals surface area (Å²) in [5, 5.41) is 6.85. The Morgan fingerprint density at radius 1 is 0.385 bits per heavy atom. The van der Waals surface area contributed by atoms with Crippen molar-refractivity contribution in [2.75, 3.05) is 0 Å². The molecule has 0 aliphatic heterocycles. The summed E-state index contributed by atoms with van der Waals surface area (Å²) in [5.41, 5.74) is 9.48. The van der Waals surface area contributed by atoms with E-state index >= 15 is 0 Å². The van der Waals surface area contributed by atoms with E-state index in [2.05, 4.69) is 140 Å². The molecule has 4 heteroatoms. The standard InChI is InChI=1S/C48H31N3O/c1-3-11-31(12-4-1)35-23-21-32-22-24-36(28-39(32)27-35)37-25-26-43-42(29-37)46-38(17-10-20-44(46)52-43)30-45-49-47(34-14-5-2-6-15-34)51-48(50-45)41-19-9-16-33-13-7-8-18-40(33)41/h1-29H,30H2. The Morgan fingerprint density at radius 3 is 1.87 bits per heavy atom. The Balaban J connectivity index is 1.08. The third kappa shape index (κ3) is 5.38. The number of fused-ring (bicyclic) bond motifs is 5. The molecule has 0 spiro atoms. The minimum atomic E-state index is 0.522. The minimum absolute atomic E-state index is 0.522. The number of nitrogens with zero attached hydrogens (tertiary/aromatic N) is 3. The molecule has 0 atom stereocenters. The lowest BCUT2D eigenvalue weighted by Crippen LogP contribution is -2.04. The molecule has 8 aromatic carbocycles. The predicted octanol–water partition coefficient (Wildman–Crippen LogP) is 12.3. The summed E-state index contributed by atoms with van der Waals surface area (Å²) in [6.45, 7) is 0. The zero-order valence-corrected chi connectivity index (χ0v) is 28.2. The molecule has 0 radical (unpaired) electrons. The molecule has 52 heavy (non-hydrogen) atoms. The van der Waals surface area contributed by atoms with Crippen LogP contribution in [0.2, 0.25) is 0 Å². The van der Waals surface area contributed by atoms with Gasteiger partial charge in [-0.05, 0) is 79.7 Å². The molecule has 10 aromatic rings. The van der Waals surface area contributed by atoms with Crippen LogP contribution in [0.3, 0.4) is 0 Å². The average molecular weight is 666 g/mol. The maximum Gasteiger partial charge on any atom is 0.164 e. The van der Waals surface area contributed by atoms with Crippen molar-refractivity contribution in [3.63, 3.8) is 0 Å². The lowest BCUT2D eigenvalue weighted by Gasteiger charge is -2.11. The SMILES string of the molecule is c1ccc(-c2ccc3ccc(-c4ccc5oc6cccc(Cc7nc(-c8ccccc8)nc(-c8cccc9ccccc89)n7)c6c5c4)cc3c2)cc1. The van der Waals surface area contributed by atoms with Gasteiger partial charge in [0.15, 0.2) is 11.6 Å². The van der Waals surface area contributed by atoms with Gasteiger partial charge in [0, 0.05) is 28.3 Å². The highest BCUT2D eigenvalue weighted by molar-refractivity contribution is 6.08. The van der Waals surface area contributed by atoms with Crippen LogP contribution < -0.4 is 0 Å². The zero-order chi connectivity index (χ0) is 34.4. The largest absolute Gasteiger partial charge is 0.456 e. The van der Waals surface area contributed by atoms with Crippen molar-refractivity contribution in [3.8, 4) is 45.0 Å². The van der Waals surface area contributed by atoms with E-state index in [1.165, 1.54) is 21.9 Å². The van der Waals surface area contributed by atoms with Crippen LogP contribution in [0.4, 0.5) is 0 Å². The van der Waals surface area contributed by atoms with E-state index in [1.807, 2.05) is 36.4 Å². The smallest absolute Gasteiger partial charge is 0.164 e. The number of benzene rings is 8. The third-order valence-corrected chi connectivity index (χ3v) is 9.95. The Labute approximate surface area is 300 Å². The van der Waals surface area contributed by atoms with Crippen molar-refractivity contribution in [2.45, 2.75) is 6.42 Å². The van der Waals surface area contributed by atoms with E-state index in [-0.39, 0.29) is 0 Å². The lowest BCUT2D eigenvalue weighted by atomic mass is 9.96. The number of aromatic nitrogens is 3. The van der Waals surface area contributed by atoms with Gasteiger partial charge in [-0.25, -0.2) is 15.0 Å². The van der Waals surface area contributed by atoms with E-state index in [1.54, 1.807) is 0 Å². The number of rotatable bonds is 6. The van der Waals surface area contributed by atoms with Crippen LogP contribution in [0.1, 0.15) is 11.4 Å². The molecule has 0 saturated heterocycles. The summed E-state index contributed by atoms with van der Waals surface area (Å²) in [7, 11) is 0. The molecule has 2 aromatic heterocycles. The molecule has 4 nitrogen and oxygen atoms in total. The van der Waals surface area contributed by atoms with Crippen LogP contribution in [0.15, 0.2) is 180 Å². The van der Waals surface area contributed by atoms with Crippen LogP contribution in [-0.4, -0.2) is 15.0 Å². The van der Waals surface area contributed by atoms with E-state index < -0.39 is 0 Å². The van der Waals surface area contributed by atoms with Gasteiger partial charge in [0.05, 0.1) is 0 Å². The van der Waals surface area contributed by atoms with Crippen molar-refractivity contribution < 1.29 is 4.42 Å². The second-order valence-corrected chi connectivity index (χ2v) is 13.2. The first kappa shape index (κ1) is 30.0. The monoisotopic (exact) mass is 665 g/mol. The highest BCUT2D eigenvalue weighted by atomic mass is 16.3. The number of furan rings is 1. The van der Waals surface area contributed by atoms with Gasteiger partial charge in [-0.15, -0.1) is 0 Å². The van der Waals surface area contributed by atoms with Crippen molar-refractivity contribution in [1.82, 2.24) is 15.0 Å². The Morgan fingerprint density at radius 2 is 1.04 bits per heavy atom. The first-order valence-corrected chi connectivity index (χ1v) is 17.6. The average Bonchev–Trinajstić information content (AvgIpc) is 3.60. The molecule has 0 aliphatic rings. The van der Waals surface area contributed by atoms with Gasteiger partial charge in [0.2, 0.25) is 0 Å². The number of hydrogen-bond acceptors (Lipinski definition) is 4. The van der Waals surface area contributed by atoms with E-state index in [0.717, 1.165) is 60.5 Å². The first-order chi connectivity index (χ1) is 25.7. The Kier molecular flexibility index (Phi) is 7.17. The summed E-state index contributed by atoms with van der Waals surface area (Å²) < 4.78 is 6.44. The van der Waals surface area contributed by atoms with Crippen LogP contribution >= 0.6 is 0 Å². The second kappa shape index (κ2) is 12.4. The topological polar surface area (TPSA) is 51.8 Å². The predicted molar refractivity (Wildman–Crippen MR) is 213 cm³/mol. The normalized spacial score (nSPS) is 11.5. The van der Waals surface area contributed by atoms with Gasteiger partial charge >= 0.3 is 0 Å². The molecule has 2 heterocycles. The van der Waals surface area contributed by atoms with Gasteiger partial charge < -0.3 is 4.42 Å². The van der Waals surface area contributed by atoms with Gasteiger partial charge in [0.1, 0.15) is 17.0 Å². The van der Waals surface area contributed by atoms with Gasteiger partial charge in [-0.2, -0.15) is 0 Å². The molecule has 0 amide bonds. The number of hydrogen-bond donors (Lipinski definition) is 0. The minimum Gasteiger partial charge on any atom is -0.456 e. The van der Waals surface area contributed by atoms with Crippen LogP contribution in [0.5, 0.6) is 0 Å². The Bertz CT molecular complexity index is 2930. The molecule has 0 bridgehead atoms. The fourth-order valence-electron chi connectivity index (χ4n) is 7.39. The summed E-state index contributed by atoms with van der Waals surface area (Å²) in [6, 6.07) is 61.5. The summed E-state index contributed by atoms with van der Waals surface area (Å²) in [5.74, 6) is 2.03. The molecule has 10 rings (SSSR count). The lowest BCUT2D eigenvalue weighted by molar-refractivity contribution is 0.668. The van der Waals surface area contributed by atoms with Crippen LogP contribution in [0, 0.1) is 0 Å². The van der Waals surface area contributed by atoms with Crippen molar-refractivity contribution in [2.24, 2.45) is 0 Å². The highest BCUT2D eigenvalue weighted by Crippen LogP contribution is 2.37. The second-order valence-electron chi connectivity index (χ2n) is 13.2. The van der Waals surface area contributed by atoms with E-state index in [0.29, 0.717) is 23.9 Å². The summed E-state index contributed by atoms with van der Waals surface area (Å²) in [6.07, 6.45) is 0.522. The summed E-state index contributed by atoms with van der Waals surface area (Å²) >= 11 is 0.